The van der Waals surface area contributed by atoms with Gasteiger partial charge in [-0.1, -0.05) is 13.8 Å². The maximum Gasteiger partial charge on any atom is 0.306 e. The fourth-order valence-corrected chi connectivity index (χ4v) is 3.35. The number of carboxylic acid groups (broad SMARTS) is 1. The standard InChI is InChI=1S/C15H26N2O3/c1-15(2)6-3-7-16(11-15)10-13(18)17-8-4-12(5-9-17)14(19)20/h12H,3-11H2,1-2H3,(H,19,20). The van der Waals surface area contributed by atoms with Crippen LogP contribution in [-0.2, 0) is 9.59 Å². The fourth-order valence-electron chi connectivity index (χ4n) is 3.35. The van der Waals surface area contributed by atoms with Gasteiger partial charge in [-0.05, 0) is 37.6 Å². The molecular formula is C15H26N2O3. The Morgan fingerprint density at radius 2 is 1.85 bits per heavy atom. The molecule has 2 fully saturated rings. The molecule has 0 aromatic heterocycles. The van der Waals surface area contributed by atoms with Gasteiger partial charge in [-0.25, -0.2) is 0 Å². The molecule has 2 aliphatic heterocycles. The number of likely N-dealkylation sites (tertiary alicyclic amines) is 2. The zero-order valence-corrected chi connectivity index (χ0v) is 12.6. The number of hydrogen-bond donors (Lipinski definition) is 1. The maximum atomic E-state index is 12.3. The van der Waals surface area contributed by atoms with Gasteiger partial charge in [0.15, 0.2) is 0 Å². The molecule has 0 aromatic carbocycles. The van der Waals surface area contributed by atoms with E-state index < -0.39 is 5.97 Å². The van der Waals surface area contributed by atoms with Crippen molar-refractivity contribution in [3.8, 4) is 0 Å². The molecule has 2 aliphatic rings. The van der Waals surface area contributed by atoms with E-state index in [1.807, 2.05) is 4.90 Å². The molecule has 1 amide bonds. The number of hydrogen-bond acceptors (Lipinski definition) is 3. The zero-order chi connectivity index (χ0) is 14.8. The van der Waals surface area contributed by atoms with Crippen molar-refractivity contribution in [3.05, 3.63) is 0 Å². The summed E-state index contributed by atoms with van der Waals surface area (Å²) < 4.78 is 0. The zero-order valence-electron chi connectivity index (χ0n) is 12.6. The third-order valence-electron chi connectivity index (χ3n) is 4.54. The molecular weight excluding hydrogens is 256 g/mol. The van der Waals surface area contributed by atoms with Crippen LogP contribution < -0.4 is 0 Å². The van der Waals surface area contributed by atoms with Gasteiger partial charge in [0, 0.05) is 19.6 Å². The Bertz CT molecular complexity index is 373. The summed E-state index contributed by atoms with van der Waals surface area (Å²) in [6, 6.07) is 0. The number of amides is 1. The van der Waals surface area contributed by atoms with Crippen LogP contribution in [0.3, 0.4) is 0 Å². The molecule has 0 bridgehead atoms. The highest BCUT2D eigenvalue weighted by Gasteiger charge is 2.30. The first kappa shape index (κ1) is 15.3. The van der Waals surface area contributed by atoms with Gasteiger partial charge >= 0.3 is 5.97 Å². The molecule has 2 saturated heterocycles. The van der Waals surface area contributed by atoms with E-state index in [1.54, 1.807) is 0 Å². The van der Waals surface area contributed by atoms with Crippen molar-refractivity contribution in [2.45, 2.75) is 39.5 Å². The molecule has 0 aromatic rings. The van der Waals surface area contributed by atoms with Crippen LogP contribution in [-0.4, -0.2) is 59.5 Å². The Hall–Kier alpha value is -1.10. The summed E-state index contributed by atoms with van der Waals surface area (Å²) in [5.74, 6) is -0.839. The highest BCUT2D eigenvalue weighted by molar-refractivity contribution is 5.79. The highest BCUT2D eigenvalue weighted by Crippen LogP contribution is 2.28. The lowest BCUT2D eigenvalue weighted by atomic mass is 9.84. The average Bonchev–Trinajstić information content (AvgIpc) is 2.37. The van der Waals surface area contributed by atoms with Gasteiger partial charge in [-0.15, -0.1) is 0 Å². The van der Waals surface area contributed by atoms with E-state index in [2.05, 4.69) is 18.7 Å². The Morgan fingerprint density at radius 1 is 1.20 bits per heavy atom. The van der Waals surface area contributed by atoms with Crippen LogP contribution in [0.25, 0.3) is 0 Å². The lowest BCUT2D eigenvalue weighted by Gasteiger charge is -2.39. The van der Waals surface area contributed by atoms with Crippen molar-refractivity contribution in [2.75, 3.05) is 32.7 Å². The Labute approximate surface area is 120 Å². The summed E-state index contributed by atoms with van der Waals surface area (Å²) in [6.07, 6.45) is 3.56. The summed E-state index contributed by atoms with van der Waals surface area (Å²) in [5, 5.41) is 8.97. The van der Waals surface area contributed by atoms with Crippen molar-refractivity contribution in [1.82, 2.24) is 9.80 Å². The van der Waals surface area contributed by atoms with Crippen molar-refractivity contribution >= 4 is 11.9 Å². The number of carboxylic acids is 1. The molecule has 0 aliphatic carbocycles. The average molecular weight is 282 g/mol. The minimum atomic E-state index is -0.727. The van der Waals surface area contributed by atoms with Crippen molar-refractivity contribution in [1.29, 1.82) is 0 Å². The minimum Gasteiger partial charge on any atom is -0.481 e. The number of carbonyl (C=O) groups excluding carboxylic acids is 1. The Balaban J connectivity index is 1.79. The molecule has 2 rings (SSSR count). The molecule has 1 N–H and O–H groups in total. The normalized spacial score (nSPS) is 24.6. The second-order valence-corrected chi connectivity index (χ2v) is 6.97. The van der Waals surface area contributed by atoms with Gasteiger partial charge in [-0.2, -0.15) is 0 Å². The number of nitrogens with zero attached hydrogens (tertiary/aromatic N) is 2. The molecule has 0 atom stereocenters. The number of aliphatic carboxylic acids is 1. The van der Waals surface area contributed by atoms with Crippen LogP contribution in [0, 0.1) is 11.3 Å². The van der Waals surface area contributed by atoms with Crippen LogP contribution >= 0.6 is 0 Å². The SMILES string of the molecule is CC1(C)CCCN(CC(=O)N2CCC(C(=O)O)CC2)C1. The largest absolute Gasteiger partial charge is 0.481 e. The van der Waals surface area contributed by atoms with E-state index in [-0.39, 0.29) is 11.8 Å². The van der Waals surface area contributed by atoms with Gasteiger partial charge in [0.05, 0.1) is 12.5 Å². The molecule has 5 heteroatoms. The molecule has 0 saturated carbocycles. The lowest BCUT2D eigenvalue weighted by molar-refractivity contribution is -0.146. The molecule has 0 radical (unpaired) electrons. The van der Waals surface area contributed by atoms with E-state index in [0.717, 1.165) is 19.5 Å². The monoisotopic (exact) mass is 282 g/mol. The van der Waals surface area contributed by atoms with E-state index >= 15 is 0 Å². The predicted molar refractivity (Wildman–Crippen MR) is 76.4 cm³/mol. The molecule has 0 unspecified atom stereocenters. The second-order valence-electron chi connectivity index (χ2n) is 6.97. The molecule has 20 heavy (non-hydrogen) atoms. The maximum absolute atomic E-state index is 12.3. The van der Waals surface area contributed by atoms with Gasteiger partial charge < -0.3 is 10.0 Å². The fraction of sp³-hybridized carbons (Fsp3) is 0.867. The first-order chi connectivity index (χ1) is 9.37. The van der Waals surface area contributed by atoms with Crippen LogP contribution in [0.15, 0.2) is 0 Å². The lowest BCUT2D eigenvalue weighted by Crippen LogP contribution is -2.48. The number of carbonyl (C=O) groups is 2. The smallest absolute Gasteiger partial charge is 0.306 e. The van der Waals surface area contributed by atoms with Gasteiger partial charge in [-0.3, -0.25) is 14.5 Å². The molecule has 2 heterocycles. The summed E-state index contributed by atoms with van der Waals surface area (Å²) in [7, 11) is 0. The summed E-state index contributed by atoms with van der Waals surface area (Å²) >= 11 is 0. The quantitative estimate of drug-likeness (QED) is 0.850. The summed E-state index contributed by atoms with van der Waals surface area (Å²) in [4.78, 5) is 27.3. The van der Waals surface area contributed by atoms with Crippen molar-refractivity contribution in [2.24, 2.45) is 11.3 Å². The topological polar surface area (TPSA) is 60.9 Å². The van der Waals surface area contributed by atoms with Gasteiger partial charge in [0.25, 0.3) is 0 Å². The van der Waals surface area contributed by atoms with Gasteiger partial charge in [0.2, 0.25) is 5.91 Å². The predicted octanol–water partition coefficient (Wildman–Crippen LogP) is 1.43. The van der Waals surface area contributed by atoms with E-state index in [0.29, 0.717) is 37.9 Å². The number of piperidine rings is 2. The van der Waals surface area contributed by atoms with Crippen LogP contribution in [0.1, 0.15) is 39.5 Å². The Morgan fingerprint density at radius 3 is 2.40 bits per heavy atom. The third kappa shape index (κ3) is 3.95. The van der Waals surface area contributed by atoms with Crippen LogP contribution in [0.2, 0.25) is 0 Å². The molecule has 5 nitrogen and oxygen atoms in total. The van der Waals surface area contributed by atoms with Gasteiger partial charge in [0.1, 0.15) is 0 Å². The Kier molecular flexibility index (Phi) is 4.68. The summed E-state index contributed by atoms with van der Waals surface area (Å²) in [6.45, 7) is 8.15. The number of rotatable bonds is 3. The van der Waals surface area contributed by atoms with Crippen LogP contribution in [0.4, 0.5) is 0 Å². The highest BCUT2D eigenvalue weighted by atomic mass is 16.4. The van der Waals surface area contributed by atoms with Crippen LogP contribution in [0.5, 0.6) is 0 Å². The first-order valence-corrected chi connectivity index (χ1v) is 7.60. The van der Waals surface area contributed by atoms with E-state index in [9.17, 15) is 9.59 Å². The van der Waals surface area contributed by atoms with E-state index in [4.69, 9.17) is 5.11 Å². The van der Waals surface area contributed by atoms with Crippen molar-refractivity contribution < 1.29 is 14.7 Å². The minimum absolute atomic E-state index is 0.159. The first-order valence-electron chi connectivity index (χ1n) is 7.60. The van der Waals surface area contributed by atoms with E-state index in [1.165, 1.54) is 6.42 Å². The summed E-state index contributed by atoms with van der Waals surface area (Å²) in [5.41, 5.74) is 0.300. The second kappa shape index (κ2) is 6.12. The molecule has 0 spiro atoms. The third-order valence-corrected chi connectivity index (χ3v) is 4.54. The molecule has 114 valence electrons. The van der Waals surface area contributed by atoms with Crippen molar-refractivity contribution in [3.63, 3.8) is 0 Å².